The average Bonchev–Trinajstić information content (AvgIpc) is 2.54. The lowest BCUT2D eigenvalue weighted by molar-refractivity contribution is 0.170. The van der Waals surface area contributed by atoms with Crippen LogP contribution in [-0.4, -0.2) is 32.8 Å². The minimum Gasteiger partial charge on any atom is -0.453 e. The van der Waals surface area contributed by atoms with E-state index in [1.807, 2.05) is 12.1 Å². The van der Waals surface area contributed by atoms with Crippen molar-refractivity contribution in [3.8, 4) is 0 Å². The summed E-state index contributed by atoms with van der Waals surface area (Å²) < 4.78 is 4.59. The van der Waals surface area contributed by atoms with Crippen LogP contribution in [0.1, 0.15) is 31.2 Å². The predicted octanol–water partition coefficient (Wildman–Crippen LogP) is 3.75. The van der Waals surface area contributed by atoms with E-state index in [1.54, 1.807) is 0 Å². The van der Waals surface area contributed by atoms with Gasteiger partial charge in [-0.1, -0.05) is 29.3 Å². The molecule has 4 nitrogen and oxygen atoms in total. The average molecular weight is 345 g/mol. The normalized spacial score (nSPS) is 21.4. The molecule has 1 unspecified atom stereocenters. The number of carbonyl (C=O) groups excluding carboxylic acids is 1. The van der Waals surface area contributed by atoms with E-state index in [1.165, 1.54) is 12.7 Å². The Morgan fingerprint density at radius 3 is 2.86 bits per heavy atom. The summed E-state index contributed by atoms with van der Waals surface area (Å²) in [5, 5.41) is 7.39. The summed E-state index contributed by atoms with van der Waals surface area (Å²) in [7, 11) is 1.37. The molecule has 1 atom stereocenters. The molecular weight excluding hydrogens is 323 g/mol. The number of carbonyl (C=O) groups is 1. The number of piperidine rings is 1. The van der Waals surface area contributed by atoms with Crippen molar-refractivity contribution in [1.82, 2.24) is 10.6 Å². The largest absolute Gasteiger partial charge is 0.453 e. The van der Waals surface area contributed by atoms with Gasteiger partial charge in [-0.2, -0.15) is 0 Å². The zero-order valence-corrected chi connectivity index (χ0v) is 14.3. The number of amides is 1. The van der Waals surface area contributed by atoms with Crippen LogP contribution in [0.15, 0.2) is 18.2 Å². The molecule has 0 aliphatic carbocycles. The van der Waals surface area contributed by atoms with E-state index < -0.39 is 0 Å². The van der Waals surface area contributed by atoms with Crippen molar-refractivity contribution in [2.45, 2.75) is 31.1 Å². The fourth-order valence-electron chi connectivity index (χ4n) is 3.09. The van der Waals surface area contributed by atoms with Gasteiger partial charge in [-0.3, -0.25) is 0 Å². The highest BCUT2D eigenvalue weighted by Gasteiger charge is 2.33. The standard InChI is InChI=1S/C16H22Cl2N2O2/c1-22-15(21)20-9-3-7-16(6-2-8-19-11-16)12-4-5-13(17)14(18)10-12/h4-5,10,19H,2-3,6-9,11H2,1H3,(H,20,21). The van der Waals surface area contributed by atoms with E-state index in [0.717, 1.165) is 38.8 Å². The van der Waals surface area contributed by atoms with Crippen LogP contribution < -0.4 is 10.6 Å². The third-order valence-electron chi connectivity index (χ3n) is 4.29. The van der Waals surface area contributed by atoms with E-state index >= 15 is 0 Å². The number of benzene rings is 1. The molecule has 1 fully saturated rings. The number of halogens is 2. The predicted molar refractivity (Wildman–Crippen MR) is 89.9 cm³/mol. The molecule has 0 bridgehead atoms. The molecular formula is C16H22Cl2N2O2. The summed E-state index contributed by atoms with van der Waals surface area (Å²) in [4.78, 5) is 11.1. The first kappa shape index (κ1) is 17.4. The number of methoxy groups -OCH3 is 1. The van der Waals surface area contributed by atoms with Gasteiger partial charge in [0.15, 0.2) is 0 Å². The summed E-state index contributed by atoms with van der Waals surface area (Å²) >= 11 is 12.2. The van der Waals surface area contributed by atoms with Crippen molar-refractivity contribution >= 4 is 29.3 Å². The molecule has 1 aromatic rings. The third kappa shape index (κ3) is 4.28. The van der Waals surface area contributed by atoms with Gasteiger partial charge in [0.1, 0.15) is 0 Å². The first-order chi connectivity index (χ1) is 10.6. The van der Waals surface area contributed by atoms with Crippen molar-refractivity contribution in [2.24, 2.45) is 0 Å². The van der Waals surface area contributed by atoms with E-state index in [2.05, 4.69) is 21.4 Å². The number of hydrogen-bond acceptors (Lipinski definition) is 3. The minimum atomic E-state index is -0.384. The molecule has 1 aliphatic heterocycles. The maximum absolute atomic E-state index is 11.1. The van der Waals surface area contributed by atoms with E-state index in [-0.39, 0.29) is 11.5 Å². The molecule has 122 valence electrons. The van der Waals surface area contributed by atoms with Gasteiger partial charge in [0.05, 0.1) is 17.2 Å². The van der Waals surface area contributed by atoms with Crippen LogP contribution in [-0.2, 0) is 10.2 Å². The molecule has 6 heteroatoms. The lowest BCUT2D eigenvalue weighted by Gasteiger charge is -2.38. The second-order valence-electron chi connectivity index (χ2n) is 5.71. The second-order valence-corrected chi connectivity index (χ2v) is 6.53. The zero-order chi connectivity index (χ0) is 16.0. The Kier molecular flexibility index (Phi) is 6.36. The van der Waals surface area contributed by atoms with Gasteiger partial charge in [-0.15, -0.1) is 0 Å². The quantitative estimate of drug-likeness (QED) is 0.799. The molecule has 0 saturated carbocycles. The van der Waals surface area contributed by atoms with Crippen molar-refractivity contribution < 1.29 is 9.53 Å². The molecule has 22 heavy (non-hydrogen) atoms. The van der Waals surface area contributed by atoms with Crippen molar-refractivity contribution in [1.29, 1.82) is 0 Å². The molecule has 0 aromatic heterocycles. The van der Waals surface area contributed by atoms with Crippen LogP contribution in [0.2, 0.25) is 10.0 Å². The number of hydrogen-bond donors (Lipinski definition) is 2. The summed E-state index contributed by atoms with van der Waals surface area (Å²) in [6.07, 6.45) is 3.71. The molecule has 2 rings (SSSR count). The molecule has 0 spiro atoms. The van der Waals surface area contributed by atoms with E-state index in [9.17, 15) is 4.79 Å². The Balaban J connectivity index is 2.06. The summed E-state index contributed by atoms with van der Waals surface area (Å²) in [5.74, 6) is 0. The number of rotatable bonds is 5. The van der Waals surface area contributed by atoms with E-state index in [0.29, 0.717) is 16.6 Å². The SMILES string of the molecule is COC(=O)NCCCC1(c2ccc(Cl)c(Cl)c2)CCCNC1. The van der Waals surface area contributed by atoms with Gasteiger partial charge < -0.3 is 15.4 Å². The smallest absolute Gasteiger partial charge is 0.406 e. The number of ether oxygens (including phenoxy) is 1. The van der Waals surface area contributed by atoms with Crippen LogP contribution in [0.25, 0.3) is 0 Å². The van der Waals surface area contributed by atoms with Crippen LogP contribution >= 0.6 is 23.2 Å². The van der Waals surface area contributed by atoms with Gasteiger partial charge >= 0.3 is 6.09 Å². The Labute approximate surface area is 141 Å². The van der Waals surface area contributed by atoms with Crippen molar-refractivity contribution in [3.63, 3.8) is 0 Å². The highest BCUT2D eigenvalue weighted by atomic mass is 35.5. The maximum atomic E-state index is 11.1. The first-order valence-electron chi connectivity index (χ1n) is 7.55. The van der Waals surface area contributed by atoms with Crippen molar-refractivity contribution in [2.75, 3.05) is 26.7 Å². The Morgan fingerprint density at radius 2 is 2.23 bits per heavy atom. The van der Waals surface area contributed by atoms with Crippen LogP contribution in [0.4, 0.5) is 4.79 Å². The number of nitrogens with one attached hydrogen (secondary N) is 2. The fraction of sp³-hybridized carbons (Fsp3) is 0.562. The van der Waals surface area contributed by atoms with Gasteiger partial charge in [0, 0.05) is 18.5 Å². The van der Waals surface area contributed by atoms with Crippen LogP contribution in [0.3, 0.4) is 0 Å². The molecule has 0 radical (unpaired) electrons. The lowest BCUT2D eigenvalue weighted by atomic mass is 9.71. The third-order valence-corrected chi connectivity index (χ3v) is 5.03. The Hall–Kier alpha value is -0.970. The van der Waals surface area contributed by atoms with Crippen molar-refractivity contribution in [3.05, 3.63) is 33.8 Å². The zero-order valence-electron chi connectivity index (χ0n) is 12.8. The molecule has 1 heterocycles. The first-order valence-corrected chi connectivity index (χ1v) is 8.31. The summed E-state index contributed by atoms with van der Waals surface area (Å²) in [6, 6.07) is 5.90. The highest BCUT2D eigenvalue weighted by molar-refractivity contribution is 6.42. The lowest BCUT2D eigenvalue weighted by Crippen LogP contribution is -2.43. The summed E-state index contributed by atoms with van der Waals surface area (Å²) in [6.45, 7) is 2.57. The monoisotopic (exact) mass is 344 g/mol. The summed E-state index contributed by atoms with van der Waals surface area (Å²) in [5.41, 5.74) is 1.26. The van der Waals surface area contributed by atoms with Crippen LogP contribution in [0.5, 0.6) is 0 Å². The Bertz CT molecular complexity index is 517. The Morgan fingerprint density at radius 1 is 1.41 bits per heavy atom. The van der Waals surface area contributed by atoms with Gasteiger partial charge in [0.25, 0.3) is 0 Å². The molecule has 1 aliphatic rings. The fourth-order valence-corrected chi connectivity index (χ4v) is 3.39. The van der Waals surface area contributed by atoms with Gasteiger partial charge in [-0.25, -0.2) is 4.79 Å². The maximum Gasteiger partial charge on any atom is 0.406 e. The minimum absolute atomic E-state index is 0.0459. The number of alkyl carbamates (subject to hydrolysis) is 1. The molecule has 1 amide bonds. The molecule has 1 saturated heterocycles. The van der Waals surface area contributed by atoms with E-state index in [4.69, 9.17) is 23.2 Å². The molecule has 1 aromatic carbocycles. The topological polar surface area (TPSA) is 50.4 Å². The van der Waals surface area contributed by atoms with Crippen LogP contribution in [0, 0.1) is 0 Å². The highest BCUT2D eigenvalue weighted by Crippen LogP contribution is 2.38. The van der Waals surface area contributed by atoms with Gasteiger partial charge in [-0.05, 0) is 49.9 Å². The van der Waals surface area contributed by atoms with Gasteiger partial charge in [0.2, 0.25) is 0 Å². The molecule has 2 N–H and O–H groups in total. The second kappa shape index (κ2) is 8.04.